The fourth-order valence-corrected chi connectivity index (χ4v) is 3.91. The Hall–Kier alpha value is -0.610. The highest BCUT2D eigenvalue weighted by Gasteiger charge is 2.43. The van der Waals surface area contributed by atoms with E-state index in [1.54, 1.807) is 0 Å². The van der Waals surface area contributed by atoms with Gasteiger partial charge < -0.3 is 14.9 Å². The largest absolute Gasteiger partial charge is 0.391 e. The maximum absolute atomic E-state index is 12.9. The zero-order valence-corrected chi connectivity index (χ0v) is 13.4. The molecule has 20 heavy (non-hydrogen) atoms. The zero-order valence-electron chi connectivity index (χ0n) is 13.4. The van der Waals surface area contributed by atoms with Gasteiger partial charge in [0, 0.05) is 25.0 Å². The van der Waals surface area contributed by atoms with Crippen LogP contribution in [0.5, 0.6) is 0 Å². The summed E-state index contributed by atoms with van der Waals surface area (Å²) in [5, 5.41) is 9.95. The summed E-state index contributed by atoms with van der Waals surface area (Å²) < 4.78 is 0. The Morgan fingerprint density at radius 3 is 2.65 bits per heavy atom. The maximum Gasteiger partial charge on any atom is 0.226 e. The number of carbonyl (C=O) groups excluding carboxylic acids is 1. The highest BCUT2D eigenvalue weighted by Crippen LogP contribution is 2.42. The topological polar surface area (TPSA) is 43.8 Å². The van der Waals surface area contributed by atoms with Crippen molar-refractivity contribution in [2.45, 2.75) is 58.1 Å². The van der Waals surface area contributed by atoms with Crippen LogP contribution in [-0.4, -0.2) is 60.1 Å². The first kappa shape index (κ1) is 15.8. The molecule has 1 amide bonds. The van der Waals surface area contributed by atoms with Gasteiger partial charge in [-0.15, -0.1) is 0 Å². The van der Waals surface area contributed by atoms with Crippen molar-refractivity contribution in [3.8, 4) is 0 Å². The average molecular weight is 282 g/mol. The minimum atomic E-state index is -0.351. The van der Waals surface area contributed by atoms with Gasteiger partial charge in [0.25, 0.3) is 0 Å². The average Bonchev–Trinajstić information content (AvgIpc) is 2.68. The molecule has 3 unspecified atom stereocenters. The molecule has 2 fully saturated rings. The first-order chi connectivity index (χ1) is 9.31. The van der Waals surface area contributed by atoms with Crippen LogP contribution in [0.4, 0.5) is 0 Å². The Bertz CT molecular complexity index is 354. The minimum absolute atomic E-state index is 0.103. The Labute approximate surface area is 123 Å². The predicted octanol–water partition coefficient (Wildman–Crippen LogP) is 1.73. The SMILES string of the molecule is CN(C)CC1CC(O)CN1C(=O)C1CCCCC1(C)C. The number of hydrogen-bond donors (Lipinski definition) is 1. The fraction of sp³-hybridized carbons (Fsp3) is 0.938. The van der Waals surface area contributed by atoms with Gasteiger partial charge in [-0.25, -0.2) is 0 Å². The number of aliphatic hydroxyl groups excluding tert-OH is 1. The molecule has 1 saturated carbocycles. The van der Waals surface area contributed by atoms with Gasteiger partial charge in [0.2, 0.25) is 5.91 Å². The molecule has 1 aliphatic heterocycles. The highest BCUT2D eigenvalue weighted by molar-refractivity contribution is 5.80. The summed E-state index contributed by atoms with van der Waals surface area (Å²) in [5.74, 6) is 0.407. The van der Waals surface area contributed by atoms with Gasteiger partial charge >= 0.3 is 0 Å². The van der Waals surface area contributed by atoms with Crippen LogP contribution in [0.15, 0.2) is 0 Å². The first-order valence-corrected chi connectivity index (χ1v) is 7.94. The van der Waals surface area contributed by atoms with E-state index in [4.69, 9.17) is 0 Å². The van der Waals surface area contributed by atoms with Gasteiger partial charge in [-0.3, -0.25) is 4.79 Å². The van der Waals surface area contributed by atoms with Crippen LogP contribution < -0.4 is 0 Å². The second-order valence-corrected chi connectivity index (χ2v) is 7.58. The summed E-state index contributed by atoms with van der Waals surface area (Å²) in [4.78, 5) is 17.0. The third kappa shape index (κ3) is 3.34. The summed E-state index contributed by atoms with van der Waals surface area (Å²) in [6.45, 7) is 5.81. The number of hydrogen-bond acceptors (Lipinski definition) is 3. The number of rotatable bonds is 3. The second-order valence-electron chi connectivity index (χ2n) is 7.58. The van der Waals surface area contributed by atoms with Crippen molar-refractivity contribution in [2.24, 2.45) is 11.3 Å². The molecule has 2 rings (SSSR count). The van der Waals surface area contributed by atoms with E-state index in [0.29, 0.717) is 6.54 Å². The van der Waals surface area contributed by atoms with Crippen molar-refractivity contribution in [3.63, 3.8) is 0 Å². The number of aliphatic hydroxyl groups is 1. The van der Waals surface area contributed by atoms with Crippen LogP contribution in [-0.2, 0) is 4.79 Å². The molecular weight excluding hydrogens is 252 g/mol. The molecule has 1 saturated heterocycles. The quantitative estimate of drug-likeness (QED) is 0.857. The van der Waals surface area contributed by atoms with Crippen molar-refractivity contribution in [3.05, 3.63) is 0 Å². The zero-order chi connectivity index (χ0) is 14.9. The van der Waals surface area contributed by atoms with E-state index in [-0.39, 0.29) is 29.4 Å². The number of β-amino-alcohol motifs (C(OH)–C–C–N with tert-alkyl or cyclic N) is 1. The lowest BCUT2D eigenvalue weighted by molar-refractivity contribution is -0.142. The molecular formula is C16H30N2O2. The molecule has 1 aliphatic carbocycles. The lowest BCUT2D eigenvalue weighted by Crippen LogP contribution is -2.48. The summed E-state index contributed by atoms with van der Waals surface area (Å²) >= 11 is 0. The number of likely N-dealkylation sites (tertiary alicyclic amines) is 1. The molecule has 0 radical (unpaired) electrons. The van der Waals surface area contributed by atoms with Crippen LogP contribution in [0.25, 0.3) is 0 Å². The van der Waals surface area contributed by atoms with E-state index in [9.17, 15) is 9.90 Å². The molecule has 0 bridgehead atoms. The number of amides is 1. The molecule has 116 valence electrons. The van der Waals surface area contributed by atoms with Gasteiger partial charge in [-0.1, -0.05) is 26.7 Å². The van der Waals surface area contributed by atoms with Gasteiger partial charge in [0.05, 0.1) is 6.10 Å². The van der Waals surface area contributed by atoms with E-state index in [0.717, 1.165) is 32.2 Å². The summed E-state index contributed by atoms with van der Waals surface area (Å²) in [6, 6.07) is 0.172. The maximum atomic E-state index is 12.9. The number of likely N-dealkylation sites (N-methyl/N-ethyl adjacent to an activating group) is 1. The van der Waals surface area contributed by atoms with Crippen molar-refractivity contribution >= 4 is 5.91 Å². The Morgan fingerprint density at radius 1 is 1.35 bits per heavy atom. The van der Waals surface area contributed by atoms with E-state index in [1.165, 1.54) is 6.42 Å². The number of nitrogens with zero attached hydrogens (tertiary/aromatic N) is 2. The van der Waals surface area contributed by atoms with Crippen molar-refractivity contribution in [1.82, 2.24) is 9.80 Å². The van der Waals surface area contributed by atoms with E-state index < -0.39 is 0 Å². The first-order valence-electron chi connectivity index (χ1n) is 7.94. The second kappa shape index (κ2) is 6.02. The molecule has 0 aromatic carbocycles. The fourth-order valence-electron chi connectivity index (χ4n) is 3.91. The predicted molar refractivity (Wildman–Crippen MR) is 80.4 cm³/mol. The highest BCUT2D eigenvalue weighted by atomic mass is 16.3. The van der Waals surface area contributed by atoms with Crippen molar-refractivity contribution in [2.75, 3.05) is 27.2 Å². The smallest absolute Gasteiger partial charge is 0.226 e. The van der Waals surface area contributed by atoms with E-state index in [2.05, 4.69) is 18.7 Å². The number of carbonyl (C=O) groups is 1. The summed E-state index contributed by atoms with van der Waals surface area (Å²) in [6.07, 6.45) is 4.91. The molecule has 1 heterocycles. The van der Waals surface area contributed by atoms with Crippen LogP contribution in [0.2, 0.25) is 0 Å². The Morgan fingerprint density at radius 2 is 2.05 bits per heavy atom. The van der Waals surface area contributed by atoms with Gasteiger partial charge in [-0.05, 0) is 38.8 Å². The van der Waals surface area contributed by atoms with Crippen LogP contribution in [0.1, 0.15) is 46.0 Å². The molecule has 0 aromatic rings. The van der Waals surface area contributed by atoms with Crippen LogP contribution in [0, 0.1) is 11.3 Å². The summed E-state index contributed by atoms with van der Waals surface area (Å²) in [5.41, 5.74) is 0.103. The third-order valence-electron chi connectivity index (χ3n) is 5.06. The van der Waals surface area contributed by atoms with Gasteiger partial charge in [-0.2, -0.15) is 0 Å². The lowest BCUT2D eigenvalue weighted by atomic mass is 9.68. The molecule has 3 atom stereocenters. The molecule has 4 heteroatoms. The van der Waals surface area contributed by atoms with E-state index in [1.807, 2.05) is 19.0 Å². The molecule has 4 nitrogen and oxygen atoms in total. The van der Waals surface area contributed by atoms with E-state index >= 15 is 0 Å². The van der Waals surface area contributed by atoms with Crippen LogP contribution >= 0.6 is 0 Å². The van der Waals surface area contributed by atoms with Crippen molar-refractivity contribution in [1.29, 1.82) is 0 Å². The normalized spacial score (nSPS) is 33.7. The Kier molecular flexibility index (Phi) is 4.75. The van der Waals surface area contributed by atoms with Crippen LogP contribution in [0.3, 0.4) is 0 Å². The molecule has 1 N–H and O–H groups in total. The monoisotopic (exact) mass is 282 g/mol. The third-order valence-corrected chi connectivity index (χ3v) is 5.06. The molecule has 0 aromatic heterocycles. The standard InChI is InChI=1S/C16H30N2O2/c1-16(2)8-6-5-7-14(16)15(20)18-11-13(19)9-12(18)10-17(3)4/h12-14,19H,5-11H2,1-4H3. The van der Waals surface area contributed by atoms with Crippen molar-refractivity contribution < 1.29 is 9.90 Å². The Balaban J connectivity index is 2.10. The van der Waals surface area contributed by atoms with Gasteiger partial charge in [0.1, 0.15) is 0 Å². The lowest BCUT2D eigenvalue weighted by Gasteiger charge is -2.41. The minimum Gasteiger partial charge on any atom is -0.391 e. The molecule has 0 spiro atoms. The molecule has 2 aliphatic rings. The summed E-state index contributed by atoms with van der Waals surface area (Å²) in [7, 11) is 4.05. The van der Waals surface area contributed by atoms with Gasteiger partial charge in [0.15, 0.2) is 0 Å².